The van der Waals surface area contributed by atoms with E-state index in [-0.39, 0.29) is 17.1 Å². The van der Waals surface area contributed by atoms with Crippen LogP contribution in [0.5, 0.6) is 0 Å². The van der Waals surface area contributed by atoms with E-state index in [1.54, 1.807) is 4.90 Å². The predicted molar refractivity (Wildman–Crippen MR) is 64.1 cm³/mol. The molecular formula is C13H23NO2. The molecule has 1 rings (SSSR count). The molecule has 92 valence electrons. The van der Waals surface area contributed by atoms with Gasteiger partial charge in [0, 0.05) is 19.4 Å². The molecule has 3 heteroatoms. The molecule has 0 bridgehead atoms. The largest absolute Gasteiger partial charge is 0.335 e. The van der Waals surface area contributed by atoms with E-state index in [9.17, 15) is 9.59 Å². The summed E-state index contributed by atoms with van der Waals surface area (Å²) in [7, 11) is 0. The summed E-state index contributed by atoms with van der Waals surface area (Å²) in [6, 6.07) is 0. The molecule has 16 heavy (non-hydrogen) atoms. The molecule has 0 aliphatic carbocycles. The van der Waals surface area contributed by atoms with E-state index in [0.29, 0.717) is 25.3 Å². The van der Waals surface area contributed by atoms with Gasteiger partial charge >= 0.3 is 0 Å². The predicted octanol–water partition coefficient (Wildman–Crippen LogP) is 2.25. The highest BCUT2D eigenvalue weighted by Crippen LogP contribution is 2.28. The molecule has 1 fully saturated rings. The van der Waals surface area contributed by atoms with E-state index in [2.05, 4.69) is 27.7 Å². The minimum Gasteiger partial charge on any atom is -0.335 e. The number of rotatable bonds is 2. The molecule has 0 aromatic heterocycles. The summed E-state index contributed by atoms with van der Waals surface area (Å²) in [5.41, 5.74) is 0.148. The average Bonchev–Trinajstić information content (AvgIpc) is 2.16. The molecule has 1 atom stereocenters. The van der Waals surface area contributed by atoms with Crippen molar-refractivity contribution in [2.45, 2.75) is 47.0 Å². The van der Waals surface area contributed by atoms with E-state index in [1.165, 1.54) is 0 Å². The summed E-state index contributed by atoms with van der Waals surface area (Å²) in [6.45, 7) is 9.62. The molecule has 1 amide bonds. The number of likely N-dealkylation sites (tertiary alicyclic amines) is 1. The molecule has 0 saturated carbocycles. The quantitative estimate of drug-likeness (QED) is 0.723. The zero-order valence-corrected chi connectivity index (χ0v) is 10.9. The number of ketones is 1. The molecule has 0 N–H and O–H groups in total. The second-order valence-corrected chi connectivity index (χ2v) is 5.93. The van der Waals surface area contributed by atoms with E-state index in [4.69, 9.17) is 0 Å². The maximum atomic E-state index is 12.0. The van der Waals surface area contributed by atoms with Crippen LogP contribution in [0.2, 0.25) is 0 Å². The smallest absolute Gasteiger partial charge is 0.223 e. The lowest BCUT2D eigenvalue weighted by atomic mass is 9.80. The first-order valence-corrected chi connectivity index (χ1v) is 6.10. The van der Waals surface area contributed by atoms with Crippen molar-refractivity contribution in [2.24, 2.45) is 11.3 Å². The molecule has 0 spiro atoms. The van der Waals surface area contributed by atoms with Crippen LogP contribution in [0.15, 0.2) is 0 Å². The molecule has 1 aliphatic heterocycles. The third kappa shape index (κ3) is 3.62. The lowest BCUT2D eigenvalue weighted by Crippen LogP contribution is -2.41. The second-order valence-electron chi connectivity index (χ2n) is 5.93. The van der Waals surface area contributed by atoms with Gasteiger partial charge in [0.15, 0.2) is 5.78 Å². The van der Waals surface area contributed by atoms with Gasteiger partial charge in [0.2, 0.25) is 5.91 Å². The molecule has 1 unspecified atom stereocenters. The highest BCUT2D eigenvalue weighted by molar-refractivity contribution is 5.87. The Morgan fingerprint density at radius 1 is 1.44 bits per heavy atom. The maximum absolute atomic E-state index is 12.0. The summed E-state index contributed by atoms with van der Waals surface area (Å²) in [6.07, 6.45) is 2.02. The first-order chi connectivity index (χ1) is 7.30. The van der Waals surface area contributed by atoms with Gasteiger partial charge in [-0.1, -0.05) is 27.7 Å². The highest BCUT2D eigenvalue weighted by atomic mass is 16.2. The van der Waals surface area contributed by atoms with Crippen LogP contribution in [0.1, 0.15) is 47.0 Å². The molecule has 0 radical (unpaired) electrons. The highest BCUT2D eigenvalue weighted by Gasteiger charge is 2.27. The van der Waals surface area contributed by atoms with Crippen LogP contribution in [0, 0.1) is 11.3 Å². The summed E-state index contributed by atoms with van der Waals surface area (Å²) in [5.74, 6) is 0.676. The van der Waals surface area contributed by atoms with Crippen molar-refractivity contribution < 1.29 is 9.59 Å². The zero-order valence-electron chi connectivity index (χ0n) is 10.9. The minimum atomic E-state index is 0.135. The number of carbonyl (C=O) groups excluding carboxylic acids is 2. The molecule has 0 aromatic carbocycles. The molecular weight excluding hydrogens is 202 g/mol. The first kappa shape index (κ1) is 13.2. The van der Waals surface area contributed by atoms with Crippen molar-refractivity contribution in [3.8, 4) is 0 Å². The van der Waals surface area contributed by atoms with E-state index >= 15 is 0 Å². The number of amides is 1. The maximum Gasteiger partial charge on any atom is 0.223 e. The van der Waals surface area contributed by atoms with Crippen molar-refractivity contribution in [1.82, 2.24) is 4.90 Å². The summed E-state index contributed by atoms with van der Waals surface area (Å²) in [4.78, 5) is 25.0. The van der Waals surface area contributed by atoms with Crippen LogP contribution < -0.4 is 0 Å². The fraction of sp³-hybridized carbons (Fsp3) is 0.846. The third-order valence-corrected chi connectivity index (χ3v) is 3.56. The van der Waals surface area contributed by atoms with Crippen molar-refractivity contribution in [3.05, 3.63) is 0 Å². The third-order valence-electron chi connectivity index (χ3n) is 3.56. The van der Waals surface area contributed by atoms with Gasteiger partial charge in [0.05, 0.1) is 6.54 Å². The molecule has 1 saturated heterocycles. The number of Topliss-reactive ketones (excluding diaryl/α,β-unsaturated/α-hetero) is 1. The van der Waals surface area contributed by atoms with Gasteiger partial charge in [-0.05, 0) is 17.8 Å². The molecule has 0 aromatic rings. The van der Waals surface area contributed by atoms with Gasteiger partial charge < -0.3 is 4.90 Å². The average molecular weight is 225 g/mol. The van der Waals surface area contributed by atoms with Crippen molar-refractivity contribution >= 4 is 11.7 Å². The Bertz CT molecular complexity index is 278. The Hall–Kier alpha value is -0.860. The molecule has 1 aliphatic rings. The van der Waals surface area contributed by atoms with E-state index in [1.807, 2.05) is 0 Å². The Morgan fingerprint density at radius 2 is 2.06 bits per heavy atom. The zero-order chi connectivity index (χ0) is 12.3. The first-order valence-electron chi connectivity index (χ1n) is 6.10. The van der Waals surface area contributed by atoms with Crippen molar-refractivity contribution in [2.75, 3.05) is 13.1 Å². The Kier molecular flexibility index (Phi) is 4.11. The SMILES string of the molecule is CC(CC(=O)N1CCCC(=O)C1)C(C)(C)C. The van der Waals surface area contributed by atoms with Gasteiger partial charge in [-0.3, -0.25) is 9.59 Å². The van der Waals surface area contributed by atoms with Crippen molar-refractivity contribution in [3.63, 3.8) is 0 Å². The normalized spacial score (nSPS) is 19.8. The van der Waals surface area contributed by atoms with Gasteiger partial charge in [-0.25, -0.2) is 0 Å². The lowest BCUT2D eigenvalue weighted by molar-refractivity contribution is -0.138. The fourth-order valence-electron chi connectivity index (χ4n) is 1.75. The summed E-state index contributed by atoms with van der Waals surface area (Å²) >= 11 is 0. The van der Waals surface area contributed by atoms with E-state index < -0.39 is 0 Å². The van der Waals surface area contributed by atoms with Gasteiger partial charge in [0.1, 0.15) is 0 Å². The van der Waals surface area contributed by atoms with Crippen LogP contribution in [-0.4, -0.2) is 29.7 Å². The van der Waals surface area contributed by atoms with Gasteiger partial charge in [-0.2, -0.15) is 0 Å². The Morgan fingerprint density at radius 3 is 2.56 bits per heavy atom. The molecule has 1 heterocycles. The Labute approximate surface area is 98.2 Å². The van der Waals surface area contributed by atoms with Crippen LogP contribution in [-0.2, 0) is 9.59 Å². The number of piperidine rings is 1. The van der Waals surface area contributed by atoms with Crippen LogP contribution >= 0.6 is 0 Å². The lowest BCUT2D eigenvalue weighted by Gasteiger charge is -2.31. The minimum absolute atomic E-state index is 0.135. The monoisotopic (exact) mass is 225 g/mol. The number of carbonyl (C=O) groups is 2. The second kappa shape index (κ2) is 4.98. The number of hydrogen-bond acceptors (Lipinski definition) is 2. The topological polar surface area (TPSA) is 37.4 Å². The van der Waals surface area contributed by atoms with Gasteiger partial charge in [-0.15, -0.1) is 0 Å². The standard InChI is InChI=1S/C13H23NO2/c1-10(13(2,3)4)8-12(16)14-7-5-6-11(15)9-14/h10H,5-9H2,1-4H3. The summed E-state index contributed by atoms with van der Waals surface area (Å²) < 4.78 is 0. The summed E-state index contributed by atoms with van der Waals surface area (Å²) in [5, 5.41) is 0. The van der Waals surface area contributed by atoms with Crippen molar-refractivity contribution in [1.29, 1.82) is 0 Å². The van der Waals surface area contributed by atoms with E-state index in [0.717, 1.165) is 13.0 Å². The number of hydrogen-bond donors (Lipinski definition) is 0. The van der Waals surface area contributed by atoms with Crippen LogP contribution in [0.25, 0.3) is 0 Å². The molecule has 3 nitrogen and oxygen atoms in total. The fourth-order valence-corrected chi connectivity index (χ4v) is 1.75. The Balaban J connectivity index is 2.49. The van der Waals surface area contributed by atoms with Gasteiger partial charge in [0.25, 0.3) is 0 Å². The van der Waals surface area contributed by atoms with Crippen LogP contribution in [0.3, 0.4) is 0 Å². The number of nitrogens with zero attached hydrogens (tertiary/aromatic N) is 1. The van der Waals surface area contributed by atoms with Crippen LogP contribution in [0.4, 0.5) is 0 Å².